The van der Waals surface area contributed by atoms with Gasteiger partial charge in [0.1, 0.15) is 5.82 Å². The summed E-state index contributed by atoms with van der Waals surface area (Å²) in [5.41, 5.74) is 11.3. The highest BCUT2D eigenvalue weighted by atomic mass is 15.1. The summed E-state index contributed by atoms with van der Waals surface area (Å²) in [6.07, 6.45) is 1.81. The summed E-state index contributed by atoms with van der Waals surface area (Å²) in [6.45, 7) is 4.38. The lowest BCUT2D eigenvalue weighted by Gasteiger charge is -2.11. The van der Waals surface area contributed by atoms with E-state index in [9.17, 15) is 0 Å². The van der Waals surface area contributed by atoms with Crippen LogP contribution < -0.4 is 11.1 Å². The zero-order valence-corrected chi connectivity index (χ0v) is 14.8. The number of H-pyrrole nitrogens is 1. The van der Waals surface area contributed by atoms with E-state index in [1.807, 2.05) is 30.5 Å². The van der Waals surface area contributed by atoms with Crippen LogP contribution in [-0.4, -0.2) is 15.2 Å². The summed E-state index contributed by atoms with van der Waals surface area (Å²) in [4.78, 5) is 4.45. The first-order valence-corrected chi connectivity index (χ1v) is 8.67. The maximum atomic E-state index is 5.93. The summed E-state index contributed by atoms with van der Waals surface area (Å²) in [7, 11) is 0. The molecule has 4 aromatic rings. The van der Waals surface area contributed by atoms with Crippen LogP contribution in [0.15, 0.2) is 60.8 Å². The maximum absolute atomic E-state index is 5.93. The van der Waals surface area contributed by atoms with Crippen LogP contribution in [0, 0.1) is 0 Å². The zero-order chi connectivity index (χ0) is 18.1. The van der Waals surface area contributed by atoms with Crippen molar-refractivity contribution in [3.05, 3.63) is 66.4 Å². The third-order valence-corrected chi connectivity index (χ3v) is 4.51. The molecule has 0 amide bonds. The van der Waals surface area contributed by atoms with Crippen molar-refractivity contribution in [2.45, 2.75) is 19.8 Å². The molecule has 0 bridgehead atoms. The van der Waals surface area contributed by atoms with Gasteiger partial charge in [-0.05, 0) is 59.0 Å². The van der Waals surface area contributed by atoms with Crippen molar-refractivity contribution in [3.63, 3.8) is 0 Å². The number of aromatic amines is 1. The van der Waals surface area contributed by atoms with E-state index in [1.54, 1.807) is 0 Å². The Bertz CT molecular complexity index is 1060. The lowest BCUT2D eigenvalue weighted by atomic mass is 10.0. The highest BCUT2D eigenvalue weighted by molar-refractivity contribution is 5.92. The molecule has 0 saturated carbocycles. The monoisotopic (exact) mass is 343 g/mol. The number of hydrogen-bond acceptors (Lipinski definition) is 4. The molecule has 130 valence electrons. The van der Waals surface area contributed by atoms with Crippen molar-refractivity contribution < 1.29 is 0 Å². The van der Waals surface area contributed by atoms with Gasteiger partial charge in [-0.1, -0.05) is 32.0 Å². The normalized spacial score (nSPS) is 11.2. The Hall–Kier alpha value is -3.34. The smallest absolute Gasteiger partial charge is 0.153 e. The largest absolute Gasteiger partial charge is 0.382 e. The first-order chi connectivity index (χ1) is 12.6. The molecule has 2 aromatic carbocycles. The molecule has 0 aliphatic rings. The van der Waals surface area contributed by atoms with Crippen LogP contribution in [0.25, 0.3) is 22.0 Å². The Morgan fingerprint density at radius 3 is 2.69 bits per heavy atom. The molecule has 0 aliphatic carbocycles. The van der Waals surface area contributed by atoms with Crippen LogP contribution in [0.3, 0.4) is 0 Å². The lowest BCUT2D eigenvalue weighted by Crippen LogP contribution is -1.95. The number of fused-ring (bicyclic) bond motifs is 1. The molecular formula is C21H21N5. The van der Waals surface area contributed by atoms with Gasteiger partial charge in [-0.15, -0.1) is 0 Å². The second-order valence-corrected chi connectivity index (χ2v) is 6.70. The number of rotatable bonds is 4. The highest BCUT2D eigenvalue weighted by Crippen LogP contribution is 2.28. The first kappa shape index (κ1) is 16.1. The molecule has 0 aliphatic heterocycles. The van der Waals surface area contributed by atoms with Crippen molar-refractivity contribution >= 4 is 28.2 Å². The Balaban J connectivity index is 1.65. The molecule has 5 heteroatoms. The summed E-state index contributed by atoms with van der Waals surface area (Å²) >= 11 is 0. The van der Waals surface area contributed by atoms with E-state index in [2.05, 4.69) is 64.7 Å². The van der Waals surface area contributed by atoms with Gasteiger partial charge in [0.15, 0.2) is 5.82 Å². The number of hydrogen-bond donors (Lipinski definition) is 3. The highest BCUT2D eigenvalue weighted by Gasteiger charge is 2.07. The number of nitrogens with two attached hydrogens (primary N) is 1. The van der Waals surface area contributed by atoms with Crippen LogP contribution in [0.4, 0.5) is 17.3 Å². The SMILES string of the molecule is CC(C)c1cccc(Nc2cc(-c3ccc4[nH]nc(N)c4c3)ccn2)c1. The predicted molar refractivity (Wildman–Crippen MR) is 108 cm³/mol. The average Bonchev–Trinajstić information content (AvgIpc) is 3.03. The lowest BCUT2D eigenvalue weighted by molar-refractivity contribution is 0.867. The van der Waals surface area contributed by atoms with Crippen molar-refractivity contribution in [3.8, 4) is 11.1 Å². The van der Waals surface area contributed by atoms with Gasteiger partial charge in [0.05, 0.1) is 5.52 Å². The third-order valence-electron chi connectivity index (χ3n) is 4.51. The molecule has 0 unspecified atom stereocenters. The van der Waals surface area contributed by atoms with Gasteiger partial charge in [-0.2, -0.15) is 5.10 Å². The number of nitrogens with one attached hydrogen (secondary N) is 2. The Kier molecular flexibility index (Phi) is 4.05. The minimum atomic E-state index is 0.489. The minimum absolute atomic E-state index is 0.489. The molecule has 26 heavy (non-hydrogen) atoms. The number of aromatic nitrogens is 3. The van der Waals surface area contributed by atoms with E-state index >= 15 is 0 Å². The van der Waals surface area contributed by atoms with Crippen molar-refractivity contribution in [1.29, 1.82) is 0 Å². The van der Waals surface area contributed by atoms with Crippen LogP contribution in [0.2, 0.25) is 0 Å². The number of nitrogen functional groups attached to an aromatic ring is 1. The average molecular weight is 343 g/mol. The summed E-state index contributed by atoms with van der Waals surface area (Å²) in [5, 5.41) is 11.3. The summed E-state index contributed by atoms with van der Waals surface area (Å²) in [6, 6.07) is 18.6. The zero-order valence-electron chi connectivity index (χ0n) is 14.8. The molecule has 0 saturated heterocycles. The van der Waals surface area contributed by atoms with Gasteiger partial charge < -0.3 is 11.1 Å². The number of pyridine rings is 1. The molecule has 0 radical (unpaired) electrons. The molecule has 0 spiro atoms. The van der Waals surface area contributed by atoms with Gasteiger partial charge in [-0.3, -0.25) is 5.10 Å². The number of nitrogens with zero attached hydrogens (tertiary/aromatic N) is 2. The van der Waals surface area contributed by atoms with Crippen LogP contribution in [0.1, 0.15) is 25.3 Å². The molecule has 2 heterocycles. The maximum Gasteiger partial charge on any atom is 0.153 e. The van der Waals surface area contributed by atoms with Crippen molar-refractivity contribution in [1.82, 2.24) is 15.2 Å². The molecular weight excluding hydrogens is 322 g/mol. The summed E-state index contributed by atoms with van der Waals surface area (Å²) < 4.78 is 0. The van der Waals surface area contributed by atoms with E-state index in [0.717, 1.165) is 33.5 Å². The van der Waals surface area contributed by atoms with E-state index in [4.69, 9.17) is 5.73 Å². The third kappa shape index (κ3) is 3.11. The molecule has 0 atom stereocenters. The predicted octanol–water partition coefficient (Wildman–Crippen LogP) is 5.07. The van der Waals surface area contributed by atoms with E-state index in [0.29, 0.717) is 11.7 Å². The fraction of sp³-hybridized carbons (Fsp3) is 0.143. The minimum Gasteiger partial charge on any atom is -0.382 e. The topological polar surface area (TPSA) is 79.6 Å². The molecule has 4 N–H and O–H groups in total. The Labute approximate surface area is 152 Å². The first-order valence-electron chi connectivity index (χ1n) is 8.67. The molecule has 5 nitrogen and oxygen atoms in total. The quantitative estimate of drug-likeness (QED) is 0.483. The Morgan fingerprint density at radius 2 is 1.85 bits per heavy atom. The van der Waals surface area contributed by atoms with Crippen LogP contribution in [0.5, 0.6) is 0 Å². The number of benzene rings is 2. The fourth-order valence-electron chi connectivity index (χ4n) is 3.02. The van der Waals surface area contributed by atoms with Gasteiger partial charge in [0.2, 0.25) is 0 Å². The second-order valence-electron chi connectivity index (χ2n) is 6.70. The van der Waals surface area contributed by atoms with E-state index < -0.39 is 0 Å². The van der Waals surface area contributed by atoms with Gasteiger partial charge >= 0.3 is 0 Å². The van der Waals surface area contributed by atoms with Gasteiger partial charge in [0, 0.05) is 17.3 Å². The van der Waals surface area contributed by atoms with Crippen LogP contribution >= 0.6 is 0 Å². The van der Waals surface area contributed by atoms with E-state index in [-0.39, 0.29) is 0 Å². The molecule has 4 rings (SSSR count). The number of anilines is 3. The fourth-order valence-corrected chi connectivity index (χ4v) is 3.02. The van der Waals surface area contributed by atoms with Crippen LogP contribution in [-0.2, 0) is 0 Å². The van der Waals surface area contributed by atoms with Crippen molar-refractivity contribution in [2.75, 3.05) is 11.1 Å². The van der Waals surface area contributed by atoms with Gasteiger partial charge in [0.25, 0.3) is 0 Å². The van der Waals surface area contributed by atoms with Gasteiger partial charge in [-0.25, -0.2) is 4.98 Å². The molecule has 0 fully saturated rings. The second kappa shape index (κ2) is 6.52. The Morgan fingerprint density at radius 1 is 1.00 bits per heavy atom. The summed E-state index contributed by atoms with van der Waals surface area (Å²) in [5.74, 6) is 1.81. The molecule has 2 aromatic heterocycles. The van der Waals surface area contributed by atoms with Crippen molar-refractivity contribution in [2.24, 2.45) is 0 Å². The van der Waals surface area contributed by atoms with E-state index in [1.165, 1.54) is 5.56 Å². The standard InChI is InChI=1S/C21H21N5/c1-13(2)14-4-3-5-17(10-14)24-20-12-16(8-9-23-20)15-6-7-19-18(11-15)21(22)26-25-19/h3-13H,1-2H3,(H,23,24)(H3,22,25,26).